The van der Waals surface area contributed by atoms with Gasteiger partial charge in [-0.25, -0.2) is 9.59 Å². The van der Waals surface area contributed by atoms with Gasteiger partial charge in [-0.2, -0.15) is 0 Å². The number of ether oxygens (including phenoxy) is 1. The Morgan fingerprint density at radius 2 is 1.40 bits per heavy atom. The molecule has 1 unspecified atom stereocenters. The van der Waals surface area contributed by atoms with Crippen LogP contribution in [0.4, 0.5) is 15.3 Å². The van der Waals surface area contributed by atoms with Crippen LogP contribution in [0, 0.1) is 29.6 Å². The zero-order chi connectivity index (χ0) is 50.7. The molecule has 1 aliphatic rings. The largest absolute Gasteiger partial charge is 0.445 e. The summed E-state index contributed by atoms with van der Waals surface area (Å²) in [6, 6.07) is 1.96. The summed E-state index contributed by atoms with van der Waals surface area (Å²) >= 11 is 0. The van der Waals surface area contributed by atoms with E-state index in [0.717, 1.165) is 6.42 Å². The Balaban J connectivity index is 2.05. The number of benzene rings is 1. The quantitative estimate of drug-likeness (QED) is 0.0539. The van der Waals surface area contributed by atoms with Crippen molar-refractivity contribution in [1.29, 1.82) is 0 Å². The number of primary amides is 1. The first-order chi connectivity index (χ1) is 31.4. The van der Waals surface area contributed by atoms with Crippen LogP contribution in [-0.4, -0.2) is 126 Å². The van der Waals surface area contributed by atoms with E-state index in [9.17, 15) is 43.2 Å². The number of likely N-dealkylation sites (tertiary alicyclic amines) is 1. The van der Waals surface area contributed by atoms with Crippen LogP contribution >= 0.6 is 0 Å². The molecular weight excluding hydrogens is 863 g/mol. The molecule has 0 spiro atoms. The molecule has 67 heavy (non-hydrogen) atoms. The van der Waals surface area contributed by atoms with Crippen molar-refractivity contribution in [3.8, 4) is 0 Å². The van der Waals surface area contributed by atoms with Crippen LogP contribution in [0.2, 0.25) is 0 Å². The van der Waals surface area contributed by atoms with Crippen molar-refractivity contribution in [2.24, 2.45) is 35.3 Å². The zero-order valence-electron chi connectivity index (χ0n) is 41.9. The summed E-state index contributed by atoms with van der Waals surface area (Å²) in [6.07, 6.45) is 2.54. The van der Waals surface area contributed by atoms with Gasteiger partial charge in [0.05, 0.1) is 0 Å². The number of nitrogens with one attached hydrogen (secondary N) is 5. The second-order valence-electron chi connectivity index (χ2n) is 18.9. The van der Waals surface area contributed by atoms with Crippen molar-refractivity contribution in [3.05, 3.63) is 29.8 Å². The average molecular weight is 942 g/mol. The highest BCUT2D eigenvalue weighted by atomic mass is 16.6. The molecule has 19 heteroatoms. The summed E-state index contributed by atoms with van der Waals surface area (Å²) in [7, 11) is 3.21. The molecule has 7 N–H and O–H groups in total. The molecule has 0 bridgehead atoms. The molecule has 7 atom stereocenters. The maximum Gasteiger partial charge on any atom is 0.410 e. The summed E-state index contributed by atoms with van der Waals surface area (Å²) in [5.74, 6) is -3.42. The van der Waals surface area contributed by atoms with Crippen molar-refractivity contribution in [2.75, 3.05) is 32.5 Å². The molecule has 376 valence electrons. The Kier molecular flexibility index (Phi) is 23.8. The van der Waals surface area contributed by atoms with Crippen LogP contribution in [0.15, 0.2) is 24.3 Å². The van der Waals surface area contributed by atoms with E-state index in [1.54, 1.807) is 70.8 Å². The molecule has 1 aliphatic heterocycles. The SMILES string of the molecule is CC[C@H](C)[C@@H](C)N(C)C(=O)[C@@H](NC(=O)[C@H](C(C)C)N(C)C(=O)OCc1ccc(NC(=O)[C@H](CCCNC(N)=O)NC(=O)[C@@H](NC(=O)CCCCCN2C(=O)CC(C)C2=O)C(C)C)cc1)C(C)C. The summed E-state index contributed by atoms with van der Waals surface area (Å²) < 4.78 is 5.59. The number of anilines is 1. The maximum absolute atomic E-state index is 13.7. The molecule has 0 aliphatic carbocycles. The molecule has 2 rings (SSSR count). The van der Waals surface area contributed by atoms with Crippen LogP contribution < -0.4 is 32.3 Å². The van der Waals surface area contributed by atoms with E-state index in [4.69, 9.17) is 10.5 Å². The Labute approximate surface area is 397 Å². The normalized spacial score (nSPS) is 16.4. The fourth-order valence-electron chi connectivity index (χ4n) is 7.74. The first kappa shape index (κ1) is 57.4. The van der Waals surface area contributed by atoms with Crippen LogP contribution in [0.25, 0.3) is 0 Å². The van der Waals surface area contributed by atoms with Gasteiger partial charge in [-0.05, 0) is 74.0 Å². The second kappa shape index (κ2) is 27.8. The lowest BCUT2D eigenvalue weighted by molar-refractivity contribution is -0.140. The lowest BCUT2D eigenvalue weighted by atomic mass is 9.96. The van der Waals surface area contributed by atoms with Crippen molar-refractivity contribution < 1.29 is 47.9 Å². The number of urea groups is 1. The molecule has 1 fully saturated rings. The number of carbonyl (C=O) groups excluding carboxylic acids is 9. The van der Waals surface area contributed by atoms with Gasteiger partial charge in [0.2, 0.25) is 41.4 Å². The number of amides is 10. The van der Waals surface area contributed by atoms with E-state index in [2.05, 4.69) is 40.4 Å². The average Bonchev–Trinajstić information content (AvgIpc) is 3.51. The van der Waals surface area contributed by atoms with E-state index >= 15 is 0 Å². The summed E-state index contributed by atoms with van der Waals surface area (Å²) in [6.45, 7) is 19.0. The highest BCUT2D eigenvalue weighted by Gasteiger charge is 2.37. The lowest BCUT2D eigenvalue weighted by Gasteiger charge is -2.35. The minimum atomic E-state index is -1.07. The third kappa shape index (κ3) is 18.1. The molecule has 1 saturated heterocycles. The summed E-state index contributed by atoms with van der Waals surface area (Å²) in [5.41, 5.74) is 6.16. The predicted molar refractivity (Wildman–Crippen MR) is 255 cm³/mol. The summed E-state index contributed by atoms with van der Waals surface area (Å²) in [5, 5.41) is 13.7. The minimum absolute atomic E-state index is 0.0352. The van der Waals surface area contributed by atoms with Gasteiger partial charge >= 0.3 is 12.1 Å². The van der Waals surface area contributed by atoms with Gasteiger partial charge in [0.1, 0.15) is 30.8 Å². The fraction of sp³-hybridized carbons (Fsp3) is 0.688. The Bertz CT molecular complexity index is 1860. The van der Waals surface area contributed by atoms with Crippen LogP contribution in [0.1, 0.15) is 126 Å². The van der Waals surface area contributed by atoms with Gasteiger partial charge in [-0.3, -0.25) is 43.4 Å². The molecule has 1 aromatic rings. The fourth-order valence-corrected chi connectivity index (χ4v) is 7.74. The maximum atomic E-state index is 13.7. The topological polar surface area (TPSA) is 259 Å². The highest BCUT2D eigenvalue weighted by Crippen LogP contribution is 2.21. The highest BCUT2D eigenvalue weighted by molar-refractivity contribution is 6.03. The number of hydrogen-bond acceptors (Lipinski definition) is 10. The molecule has 1 aromatic carbocycles. The van der Waals surface area contributed by atoms with Gasteiger partial charge < -0.3 is 42.0 Å². The molecule has 1 heterocycles. The number of nitrogens with zero attached hydrogens (tertiary/aromatic N) is 3. The zero-order valence-corrected chi connectivity index (χ0v) is 41.9. The Hall–Kier alpha value is -5.75. The third-order valence-electron chi connectivity index (χ3n) is 12.5. The molecule has 0 aromatic heterocycles. The Morgan fingerprint density at radius 1 is 0.776 bits per heavy atom. The van der Waals surface area contributed by atoms with Crippen molar-refractivity contribution in [2.45, 2.75) is 157 Å². The molecule has 10 amide bonds. The molecule has 0 radical (unpaired) electrons. The smallest absolute Gasteiger partial charge is 0.410 e. The predicted octanol–water partition coefficient (Wildman–Crippen LogP) is 4.28. The number of nitrogens with two attached hydrogens (primary N) is 1. The van der Waals surface area contributed by atoms with E-state index in [0.29, 0.717) is 37.1 Å². The third-order valence-corrected chi connectivity index (χ3v) is 12.5. The molecular formula is C48H79N9O10. The van der Waals surface area contributed by atoms with Gasteiger partial charge in [-0.15, -0.1) is 0 Å². The number of likely N-dealkylation sites (N-methyl/N-ethyl adjacent to an activating group) is 2. The second-order valence-corrected chi connectivity index (χ2v) is 18.9. The van der Waals surface area contributed by atoms with E-state index in [-0.39, 0.29) is 98.1 Å². The van der Waals surface area contributed by atoms with Crippen LogP contribution in [-0.2, 0) is 44.9 Å². The van der Waals surface area contributed by atoms with Crippen molar-refractivity contribution in [3.63, 3.8) is 0 Å². The van der Waals surface area contributed by atoms with E-state index < -0.39 is 54.0 Å². The first-order valence-corrected chi connectivity index (χ1v) is 23.7. The first-order valence-electron chi connectivity index (χ1n) is 23.7. The summed E-state index contributed by atoms with van der Waals surface area (Å²) in [4.78, 5) is 120. The van der Waals surface area contributed by atoms with E-state index in [1.807, 2.05) is 20.8 Å². The number of imide groups is 1. The monoisotopic (exact) mass is 942 g/mol. The number of rotatable bonds is 27. The van der Waals surface area contributed by atoms with Crippen LogP contribution in [0.3, 0.4) is 0 Å². The van der Waals surface area contributed by atoms with Crippen molar-refractivity contribution >= 4 is 59.2 Å². The standard InChI is InChI=1S/C48H79N9O10/c1-13-31(8)33(10)55(11)46(64)40(29(4)5)54-44(62)41(30(6)7)56(12)48(66)67-27-34-20-22-35(23-21-34)51-42(60)36(18-17-24-50-47(49)65)52-43(61)39(28(2)3)53-37(58)19-15-14-16-25-57-38(59)26-32(9)45(57)63/h20-23,28-33,36,39-41H,13-19,24-27H2,1-12H3,(H,51,60)(H,52,61)(H,53,58)(H,54,62)(H3,49,50,65)/t31-,32?,33+,36-,39-,40-,41-/m0/s1. The van der Waals surface area contributed by atoms with Gasteiger partial charge in [0.25, 0.3) is 0 Å². The van der Waals surface area contributed by atoms with Crippen molar-refractivity contribution in [1.82, 2.24) is 36.0 Å². The number of carbonyl (C=O) groups is 9. The van der Waals surface area contributed by atoms with E-state index in [1.165, 1.54) is 16.8 Å². The number of unbranched alkanes of at least 4 members (excludes halogenated alkanes) is 2. The molecule has 19 nitrogen and oxygen atoms in total. The van der Waals surface area contributed by atoms with Gasteiger partial charge in [0.15, 0.2) is 0 Å². The number of hydrogen-bond donors (Lipinski definition) is 6. The van der Waals surface area contributed by atoms with Gasteiger partial charge in [-0.1, -0.05) is 87.3 Å². The molecule has 0 saturated carbocycles. The minimum Gasteiger partial charge on any atom is -0.445 e. The lowest BCUT2D eigenvalue weighted by Crippen LogP contribution is -2.58. The van der Waals surface area contributed by atoms with Crippen LogP contribution in [0.5, 0.6) is 0 Å². The Morgan fingerprint density at radius 3 is 1.94 bits per heavy atom. The van der Waals surface area contributed by atoms with Gasteiger partial charge in [0, 0.05) is 57.7 Å².